The number of hydrogen-bond donors (Lipinski definition) is 0. The van der Waals surface area contributed by atoms with Crippen LogP contribution in [0.4, 0.5) is 4.39 Å². The van der Waals surface area contributed by atoms with Gasteiger partial charge in [0.25, 0.3) is 0 Å². The molecule has 0 bridgehead atoms. The lowest BCUT2D eigenvalue weighted by Crippen LogP contribution is -2.01. The van der Waals surface area contributed by atoms with Crippen LogP contribution < -0.4 is 0 Å². The van der Waals surface area contributed by atoms with Crippen molar-refractivity contribution in [1.29, 1.82) is 0 Å². The highest BCUT2D eigenvalue weighted by Crippen LogP contribution is 2.16. The lowest BCUT2D eigenvalue weighted by Gasteiger charge is -2.01. The standard InChI is InChI=1S/C12H11FO2/c13-10-3-1-2-9(8-10)4-5-11-6-7-12(14)15-11/h1-5,8,11H,6-7H2/b5-4-/t11-/m0/s1. The molecule has 2 rings (SSSR count). The highest BCUT2D eigenvalue weighted by atomic mass is 19.1. The van der Waals surface area contributed by atoms with Crippen molar-refractivity contribution in [2.24, 2.45) is 0 Å². The first-order valence-electron chi connectivity index (χ1n) is 4.87. The normalized spacial score (nSPS) is 20.9. The summed E-state index contributed by atoms with van der Waals surface area (Å²) in [5.74, 6) is -0.426. The molecule has 0 amide bonds. The van der Waals surface area contributed by atoms with Crippen LogP contribution in [0.15, 0.2) is 30.3 Å². The molecule has 0 radical (unpaired) electrons. The van der Waals surface area contributed by atoms with E-state index in [0.29, 0.717) is 12.8 Å². The van der Waals surface area contributed by atoms with Gasteiger partial charge in [-0.3, -0.25) is 4.79 Å². The van der Waals surface area contributed by atoms with E-state index in [4.69, 9.17) is 4.74 Å². The second-order valence-corrected chi connectivity index (χ2v) is 3.48. The molecule has 1 heterocycles. The first kappa shape index (κ1) is 9.90. The first-order valence-corrected chi connectivity index (χ1v) is 4.87. The Morgan fingerprint density at radius 3 is 3.00 bits per heavy atom. The van der Waals surface area contributed by atoms with Crippen LogP contribution in [0, 0.1) is 5.82 Å². The Bertz CT molecular complexity index is 398. The van der Waals surface area contributed by atoms with Crippen molar-refractivity contribution in [3.05, 3.63) is 41.7 Å². The average molecular weight is 206 g/mol. The average Bonchev–Trinajstić information content (AvgIpc) is 2.62. The van der Waals surface area contributed by atoms with Crippen molar-refractivity contribution in [3.63, 3.8) is 0 Å². The quantitative estimate of drug-likeness (QED) is 0.695. The minimum atomic E-state index is -0.263. The van der Waals surface area contributed by atoms with Crippen LogP contribution in [0.1, 0.15) is 18.4 Å². The predicted octanol–water partition coefficient (Wildman–Crippen LogP) is 2.54. The molecule has 1 aromatic carbocycles. The van der Waals surface area contributed by atoms with E-state index in [1.165, 1.54) is 12.1 Å². The van der Waals surface area contributed by atoms with Gasteiger partial charge in [0.15, 0.2) is 0 Å². The summed E-state index contributed by atoms with van der Waals surface area (Å²) < 4.78 is 17.8. The van der Waals surface area contributed by atoms with Crippen LogP contribution in [0.2, 0.25) is 0 Å². The van der Waals surface area contributed by atoms with E-state index in [9.17, 15) is 9.18 Å². The third-order valence-corrected chi connectivity index (χ3v) is 2.27. The molecular formula is C12H11FO2. The van der Waals surface area contributed by atoms with E-state index in [2.05, 4.69) is 0 Å². The maximum Gasteiger partial charge on any atom is 0.306 e. The van der Waals surface area contributed by atoms with E-state index < -0.39 is 0 Å². The predicted molar refractivity (Wildman–Crippen MR) is 54.5 cm³/mol. The van der Waals surface area contributed by atoms with Gasteiger partial charge in [0.2, 0.25) is 0 Å². The molecule has 0 spiro atoms. The van der Waals surface area contributed by atoms with Crippen LogP contribution >= 0.6 is 0 Å². The van der Waals surface area contributed by atoms with Crippen molar-refractivity contribution >= 4 is 12.0 Å². The van der Waals surface area contributed by atoms with Gasteiger partial charge in [0.05, 0.1) is 0 Å². The Labute approximate surface area is 87.4 Å². The van der Waals surface area contributed by atoms with Crippen LogP contribution in [0.3, 0.4) is 0 Å². The van der Waals surface area contributed by atoms with Crippen molar-refractivity contribution in [2.75, 3.05) is 0 Å². The third-order valence-electron chi connectivity index (χ3n) is 2.27. The molecule has 0 aromatic heterocycles. The van der Waals surface area contributed by atoms with E-state index in [0.717, 1.165) is 5.56 Å². The molecular weight excluding hydrogens is 195 g/mol. The molecule has 3 heteroatoms. The number of carbonyl (C=O) groups is 1. The minimum Gasteiger partial charge on any atom is -0.458 e. The van der Waals surface area contributed by atoms with E-state index in [1.807, 2.05) is 0 Å². The number of hydrogen-bond acceptors (Lipinski definition) is 2. The van der Waals surface area contributed by atoms with Gasteiger partial charge in [0, 0.05) is 6.42 Å². The monoisotopic (exact) mass is 206 g/mol. The second-order valence-electron chi connectivity index (χ2n) is 3.48. The molecule has 15 heavy (non-hydrogen) atoms. The van der Waals surface area contributed by atoms with Gasteiger partial charge in [-0.25, -0.2) is 4.39 Å². The summed E-state index contributed by atoms with van der Waals surface area (Å²) in [7, 11) is 0. The summed E-state index contributed by atoms with van der Waals surface area (Å²) in [6.45, 7) is 0. The second kappa shape index (κ2) is 4.26. The summed E-state index contributed by atoms with van der Waals surface area (Å²) in [6, 6.07) is 6.28. The van der Waals surface area contributed by atoms with Crippen LogP contribution in [-0.4, -0.2) is 12.1 Å². The number of ether oxygens (including phenoxy) is 1. The maximum atomic E-state index is 12.8. The van der Waals surface area contributed by atoms with Gasteiger partial charge in [-0.15, -0.1) is 0 Å². The van der Waals surface area contributed by atoms with Gasteiger partial charge in [-0.1, -0.05) is 18.2 Å². The Kier molecular flexibility index (Phi) is 2.81. The molecule has 1 atom stereocenters. The zero-order valence-electron chi connectivity index (χ0n) is 8.15. The smallest absolute Gasteiger partial charge is 0.306 e. The van der Waals surface area contributed by atoms with E-state index >= 15 is 0 Å². The largest absolute Gasteiger partial charge is 0.458 e. The van der Waals surface area contributed by atoms with Gasteiger partial charge < -0.3 is 4.74 Å². The zero-order valence-corrected chi connectivity index (χ0v) is 8.15. The fourth-order valence-corrected chi connectivity index (χ4v) is 1.51. The van der Waals surface area contributed by atoms with E-state index in [1.54, 1.807) is 24.3 Å². The molecule has 0 aliphatic carbocycles. The van der Waals surface area contributed by atoms with Crippen molar-refractivity contribution in [3.8, 4) is 0 Å². The lowest BCUT2D eigenvalue weighted by atomic mass is 10.1. The minimum absolute atomic E-state index is 0.152. The maximum absolute atomic E-state index is 12.8. The molecule has 1 aliphatic rings. The Hall–Kier alpha value is -1.64. The molecule has 0 saturated carbocycles. The molecule has 0 N–H and O–H groups in total. The summed E-state index contributed by atoms with van der Waals surface area (Å²) in [6.07, 6.45) is 4.59. The Morgan fingerprint density at radius 1 is 1.47 bits per heavy atom. The highest BCUT2D eigenvalue weighted by molar-refractivity contribution is 5.72. The number of esters is 1. The molecule has 1 saturated heterocycles. The SMILES string of the molecule is O=C1CC[C@H](/C=C\c2cccc(F)c2)O1. The molecule has 1 aromatic rings. The number of benzene rings is 1. The van der Waals surface area contributed by atoms with Crippen molar-refractivity contribution in [1.82, 2.24) is 0 Å². The highest BCUT2D eigenvalue weighted by Gasteiger charge is 2.20. The zero-order chi connectivity index (χ0) is 10.7. The van der Waals surface area contributed by atoms with Crippen molar-refractivity contribution in [2.45, 2.75) is 18.9 Å². The Balaban J connectivity index is 2.02. The summed E-state index contributed by atoms with van der Waals surface area (Å²) in [5, 5.41) is 0. The van der Waals surface area contributed by atoms with Gasteiger partial charge in [-0.05, 0) is 30.2 Å². The first-order chi connectivity index (χ1) is 7.24. The van der Waals surface area contributed by atoms with Gasteiger partial charge >= 0.3 is 5.97 Å². The molecule has 1 aliphatic heterocycles. The number of carbonyl (C=O) groups excluding carboxylic acids is 1. The Morgan fingerprint density at radius 2 is 2.33 bits per heavy atom. The fourth-order valence-electron chi connectivity index (χ4n) is 1.51. The van der Waals surface area contributed by atoms with Crippen LogP contribution in [0.25, 0.3) is 6.08 Å². The third kappa shape index (κ3) is 2.65. The summed E-state index contributed by atoms with van der Waals surface area (Å²) >= 11 is 0. The van der Waals surface area contributed by atoms with Gasteiger partial charge in [-0.2, -0.15) is 0 Å². The number of rotatable bonds is 2. The molecule has 78 valence electrons. The topological polar surface area (TPSA) is 26.3 Å². The summed E-state index contributed by atoms with van der Waals surface area (Å²) in [5.41, 5.74) is 0.776. The number of halogens is 1. The molecule has 2 nitrogen and oxygen atoms in total. The van der Waals surface area contributed by atoms with Crippen LogP contribution in [-0.2, 0) is 9.53 Å². The summed E-state index contributed by atoms with van der Waals surface area (Å²) in [4.78, 5) is 10.8. The van der Waals surface area contributed by atoms with Crippen LogP contribution in [0.5, 0.6) is 0 Å². The van der Waals surface area contributed by atoms with E-state index in [-0.39, 0.29) is 17.9 Å². The number of cyclic esters (lactones) is 1. The van der Waals surface area contributed by atoms with Gasteiger partial charge in [0.1, 0.15) is 11.9 Å². The fraction of sp³-hybridized carbons (Fsp3) is 0.250. The lowest BCUT2D eigenvalue weighted by molar-refractivity contribution is -0.139. The molecule has 0 unspecified atom stereocenters. The van der Waals surface area contributed by atoms with Crippen molar-refractivity contribution < 1.29 is 13.9 Å². The molecule has 1 fully saturated rings.